The van der Waals surface area contributed by atoms with Crippen molar-refractivity contribution < 1.29 is 17.9 Å². The van der Waals surface area contributed by atoms with Gasteiger partial charge in [-0.1, -0.05) is 0 Å². The molecular weight excluding hydrogens is 343 g/mol. The minimum absolute atomic E-state index is 0.0744. The largest absolute Gasteiger partial charge is 0.474 e. The summed E-state index contributed by atoms with van der Waals surface area (Å²) in [5.74, 6) is -0.936. The highest BCUT2D eigenvalue weighted by Crippen LogP contribution is 2.30. The predicted octanol–water partition coefficient (Wildman–Crippen LogP) is 2.63. The summed E-state index contributed by atoms with van der Waals surface area (Å²) in [5.41, 5.74) is 0.0744. The van der Waals surface area contributed by atoms with Gasteiger partial charge in [0.05, 0.1) is 22.5 Å². The first-order valence-electron chi connectivity index (χ1n) is 5.47. The molecule has 0 atom stereocenters. The molecule has 20 heavy (non-hydrogen) atoms. The Labute approximate surface area is 120 Å². The van der Waals surface area contributed by atoms with E-state index >= 15 is 0 Å². The zero-order chi connectivity index (χ0) is 14.9. The van der Waals surface area contributed by atoms with Gasteiger partial charge in [-0.2, -0.15) is 17.9 Å². The Morgan fingerprint density at radius 3 is 2.60 bits per heavy atom. The molecule has 6 nitrogen and oxygen atoms in total. The number of ether oxygens (including phenoxy) is 1. The van der Waals surface area contributed by atoms with Gasteiger partial charge in [-0.25, -0.2) is 4.98 Å². The summed E-state index contributed by atoms with van der Waals surface area (Å²) in [6.45, 7) is 3.62. The molecule has 2 aromatic rings. The van der Waals surface area contributed by atoms with Crippen LogP contribution in [0.3, 0.4) is 0 Å². The van der Waals surface area contributed by atoms with Crippen LogP contribution in [0.4, 0.5) is 13.2 Å². The molecule has 0 spiro atoms. The van der Waals surface area contributed by atoms with Gasteiger partial charge in [0.2, 0.25) is 5.88 Å². The normalized spacial score (nSPS) is 11.9. The molecule has 0 N–H and O–H groups in total. The highest BCUT2D eigenvalue weighted by atomic mass is 79.9. The molecule has 2 rings (SSSR count). The van der Waals surface area contributed by atoms with E-state index in [0.29, 0.717) is 9.15 Å². The second-order valence-electron chi connectivity index (χ2n) is 4.06. The molecule has 0 aliphatic heterocycles. The lowest BCUT2D eigenvalue weighted by atomic mass is 10.4. The van der Waals surface area contributed by atoms with E-state index in [1.807, 2.05) is 13.8 Å². The number of alkyl halides is 3. The molecule has 0 saturated heterocycles. The van der Waals surface area contributed by atoms with Gasteiger partial charge in [-0.05, 0) is 46.3 Å². The summed E-state index contributed by atoms with van der Waals surface area (Å²) < 4.78 is 44.4. The standard InChI is InChI=1S/C10H9BrF3N5O/c1-5(2)20-8-7(11)3-6(4-15-8)19-9(10(12,13)14)16-17-18-19/h3-5H,1-2H3. The average molecular weight is 352 g/mol. The summed E-state index contributed by atoms with van der Waals surface area (Å²) in [6, 6.07) is 1.40. The highest BCUT2D eigenvalue weighted by Gasteiger charge is 2.38. The van der Waals surface area contributed by atoms with E-state index in [-0.39, 0.29) is 17.7 Å². The molecular formula is C10H9BrF3N5O. The number of pyridine rings is 1. The molecule has 0 amide bonds. The summed E-state index contributed by atoms with van der Waals surface area (Å²) in [7, 11) is 0. The van der Waals surface area contributed by atoms with Gasteiger partial charge in [-0.15, -0.1) is 5.10 Å². The van der Waals surface area contributed by atoms with E-state index in [9.17, 15) is 13.2 Å². The van der Waals surface area contributed by atoms with Gasteiger partial charge in [-0.3, -0.25) is 0 Å². The average Bonchev–Trinajstić information content (AvgIpc) is 2.80. The number of hydrogen-bond acceptors (Lipinski definition) is 5. The molecule has 0 aliphatic rings. The lowest BCUT2D eigenvalue weighted by Gasteiger charge is -2.12. The molecule has 2 aromatic heterocycles. The second kappa shape index (κ2) is 5.35. The Morgan fingerprint density at radius 1 is 1.35 bits per heavy atom. The van der Waals surface area contributed by atoms with Gasteiger partial charge in [0, 0.05) is 0 Å². The molecule has 0 radical (unpaired) electrons. The summed E-state index contributed by atoms with van der Waals surface area (Å²) in [6.07, 6.45) is -3.56. The summed E-state index contributed by atoms with van der Waals surface area (Å²) >= 11 is 3.19. The smallest absolute Gasteiger partial charge is 0.453 e. The third-order valence-electron chi connectivity index (χ3n) is 2.11. The van der Waals surface area contributed by atoms with Crippen LogP contribution in [0.2, 0.25) is 0 Å². The third kappa shape index (κ3) is 3.06. The number of aromatic nitrogens is 5. The fourth-order valence-corrected chi connectivity index (χ4v) is 1.81. The topological polar surface area (TPSA) is 65.7 Å². The van der Waals surface area contributed by atoms with Crippen LogP contribution in [-0.2, 0) is 6.18 Å². The highest BCUT2D eigenvalue weighted by molar-refractivity contribution is 9.10. The second-order valence-corrected chi connectivity index (χ2v) is 4.91. The number of halogens is 4. The first-order valence-corrected chi connectivity index (χ1v) is 6.26. The lowest BCUT2D eigenvalue weighted by Crippen LogP contribution is -2.15. The Hall–Kier alpha value is -1.71. The molecule has 2 heterocycles. The fourth-order valence-electron chi connectivity index (χ4n) is 1.38. The predicted molar refractivity (Wildman–Crippen MR) is 65.4 cm³/mol. The van der Waals surface area contributed by atoms with Crippen LogP contribution in [0.1, 0.15) is 19.7 Å². The van der Waals surface area contributed by atoms with Gasteiger partial charge in [0.1, 0.15) is 0 Å². The molecule has 10 heteroatoms. The van der Waals surface area contributed by atoms with Crippen molar-refractivity contribution in [2.24, 2.45) is 0 Å². The zero-order valence-corrected chi connectivity index (χ0v) is 12.0. The van der Waals surface area contributed by atoms with Crippen molar-refractivity contribution in [3.05, 3.63) is 22.6 Å². The van der Waals surface area contributed by atoms with E-state index in [4.69, 9.17) is 4.74 Å². The van der Waals surface area contributed by atoms with Crippen LogP contribution in [0.25, 0.3) is 5.69 Å². The lowest BCUT2D eigenvalue weighted by molar-refractivity contribution is -0.146. The minimum Gasteiger partial charge on any atom is -0.474 e. The van der Waals surface area contributed by atoms with Crippen LogP contribution < -0.4 is 4.74 Å². The van der Waals surface area contributed by atoms with Crippen LogP contribution in [-0.4, -0.2) is 31.3 Å². The van der Waals surface area contributed by atoms with Gasteiger partial charge >= 0.3 is 6.18 Å². The number of nitrogens with zero attached hydrogens (tertiary/aromatic N) is 5. The Bertz CT molecular complexity index is 613. The Kier molecular flexibility index (Phi) is 3.93. The van der Waals surface area contributed by atoms with E-state index < -0.39 is 12.0 Å². The maximum atomic E-state index is 12.7. The molecule has 0 aliphatic carbocycles. The molecule has 0 unspecified atom stereocenters. The van der Waals surface area contributed by atoms with Gasteiger partial charge in [0.15, 0.2) is 0 Å². The van der Waals surface area contributed by atoms with Crippen molar-refractivity contribution in [2.75, 3.05) is 0 Å². The van der Waals surface area contributed by atoms with Crippen LogP contribution >= 0.6 is 15.9 Å². The summed E-state index contributed by atoms with van der Waals surface area (Å²) in [4.78, 5) is 3.94. The third-order valence-corrected chi connectivity index (χ3v) is 2.68. The van der Waals surface area contributed by atoms with E-state index in [1.165, 1.54) is 12.3 Å². The van der Waals surface area contributed by atoms with E-state index in [2.05, 4.69) is 36.4 Å². The SMILES string of the molecule is CC(C)Oc1ncc(-n2nnnc2C(F)(F)F)cc1Br. The van der Waals surface area contributed by atoms with Crippen LogP contribution in [0, 0.1) is 0 Å². The summed E-state index contributed by atoms with van der Waals surface area (Å²) in [5, 5.41) is 9.32. The fraction of sp³-hybridized carbons (Fsp3) is 0.400. The first-order chi connectivity index (χ1) is 9.29. The van der Waals surface area contributed by atoms with E-state index in [1.54, 1.807) is 0 Å². The monoisotopic (exact) mass is 351 g/mol. The number of rotatable bonds is 3. The van der Waals surface area contributed by atoms with Crippen molar-refractivity contribution in [3.8, 4) is 11.6 Å². The Morgan fingerprint density at radius 2 is 2.05 bits per heavy atom. The minimum atomic E-state index is -4.65. The van der Waals surface area contributed by atoms with Crippen LogP contribution in [0.5, 0.6) is 5.88 Å². The van der Waals surface area contributed by atoms with E-state index in [0.717, 1.165) is 0 Å². The van der Waals surface area contributed by atoms with Crippen molar-refractivity contribution >= 4 is 15.9 Å². The molecule has 0 bridgehead atoms. The first kappa shape index (κ1) is 14.7. The van der Waals surface area contributed by atoms with Crippen molar-refractivity contribution in [1.29, 1.82) is 0 Å². The van der Waals surface area contributed by atoms with Crippen LogP contribution in [0.15, 0.2) is 16.7 Å². The van der Waals surface area contributed by atoms with Gasteiger partial charge in [0.25, 0.3) is 5.82 Å². The maximum absolute atomic E-state index is 12.7. The quantitative estimate of drug-likeness (QED) is 0.850. The van der Waals surface area contributed by atoms with Crippen molar-refractivity contribution in [1.82, 2.24) is 25.2 Å². The van der Waals surface area contributed by atoms with Gasteiger partial charge < -0.3 is 4.74 Å². The maximum Gasteiger partial charge on any atom is 0.453 e. The van der Waals surface area contributed by atoms with Crippen molar-refractivity contribution in [2.45, 2.75) is 26.1 Å². The molecule has 0 saturated carbocycles. The molecule has 0 fully saturated rings. The number of hydrogen-bond donors (Lipinski definition) is 0. The zero-order valence-electron chi connectivity index (χ0n) is 10.4. The molecule has 108 valence electrons. The van der Waals surface area contributed by atoms with Crippen molar-refractivity contribution in [3.63, 3.8) is 0 Å². The molecule has 0 aromatic carbocycles. The Balaban J connectivity index is 2.40. The number of tetrazole rings is 1.